The lowest BCUT2D eigenvalue weighted by Gasteiger charge is -2.41. The molecule has 0 bridgehead atoms. The third kappa shape index (κ3) is 6.37. The van der Waals surface area contributed by atoms with Gasteiger partial charge in [0.15, 0.2) is 8.32 Å². The van der Waals surface area contributed by atoms with Gasteiger partial charge in [-0.2, -0.15) is 0 Å². The molecule has 0 spiro atoms. The average Bonchev–Trinajstić information content (AvgIpc) is 2.44. The van der Waals surface area contributed by atoms with Crippen molar-refractivity contribution in [2.75, 3.05) is 26.9 Å². The van der Waals surface area contributed by atoms with Gasteiger partial charge >= 0.3 is 6.09 Å². The predicted octanol–water partition coefficient (Wildman–Crippen LogP) is 3.56. The van der Waals surface area contributed by atoms with E-state index in [1.807, 2.05) is 26.8 Å². The molecule has 0 saturated carbocycles. The Morgan fingerprint density at radius 1 is 1.27 bits per heavy atom. The molecule has 1 aliphatic rings. The lowest BCUT2D eigenvalue weighted by atomic mass is 10.0. The van der Waals surface area contributed by atoms with Gasteiger partial charge in [-0.25, -0.2) is 4.79 Å². The van der Waals surface area contributed by atoms with Gasteiger partial charge in [0.05, 0.1) is 31.9 Å². The van der Waals surface area contributed by atoms with Crippen LogP contribution < -0.4 is 0 Å². The molecule has 7 heteroatoms. The van der Waals surface area contributed by atoms with E-state index in [1.165, 1.54) is 0 Å². The Labute approximate surface area is 159 Å². The van der Waals surface area contributed by atoms with E-state index >= 15 is 0 Å². The van der Waals surface area contributed by atoms with Crippen molar-refractivity contribution in [2.45, 2.75) is 77.4 Å². The minimum atomic E-state index is -1.96. The predicted molar refractivity (Wildman–Crippen MR) is 106 cm³/mol. The minimum Gasteiger partial charge on any atom is -0.444 e. The number of hydrogen-bond donors (Lipinski definition) is 1. The Morgan fingerprint density at radius 2 is 1.85 bits per heavy atom. The standard InChI is InChI=1S/C19H37NO5Si/c1-18(2,3)25-17(22)20-11-16(21)14(12-23-7)10-15(20)13-24-26(8,9)19(4,5)6/h10,15-16,21H,11-13H2,1-9H3. The Hall–Kier alpha value is -0.893. The first-order valence-electron chi connectivity index (χ1n) is 9.19. The number of β-amino-alcohol motifs (C(OH)–C–C–N with tert-alkyl or cyclic N) is 1. The molecule has 0 fully saturated rings. The first-order chi connectivity index (χ1) is 11.7. The molecular formula is C19H37NO5Si. The molecule has 2 atom stereocenters. The van der Waals surface area contributed by atoms with Gasteiger partial charge in [-0.1, -0.05) is 26.8 Å². The topological polar surface area (TPSA) is 68.2 Å². The van der Waals surface area contributed by atoms with Crippen molar-refractivity contribution in [3.05, 3.63) is 11.6 Å². The van der Waals surface area contributed by atoms with Crippen molar-refractivity contribution in [3.8, 4) is 0 Å². The van der Waals surface area contributed by atoms with Crippen molar-refractivity contribution < 1.29 is 23.8 Å². The van der Waals surface area contributed by atoms with Crippen molar-refractivity contribution >= 4 is 14.4 Å². The fourth-order valence-corrected chi connectivity index (χ4v) is 3.40. The lowest BCUT2D eigenvalue weighted by molar-refractivity contribution is 0.000996. The van der Waals surface area contributed by atoms with Crippen LogP contribution in [-0.4, -0.2) is 69.0 Å². The molecule has 0 aliphatic carbocycles. The molecule has 1 N–H and O–H groups in total. The van der Waals surface area contributed by atoms with Crippen LogP contribution in [0.2, 0.25) is 18.1 Å². The summed E-state index contributed by atoms with van der Waals surface area (Å²) >= 11 is 0. The molecule has 0 aromatic heterocycles. The second-order valence-electron chi connectivity index (χ2n) is 9.46. The zero-order chi connectivity index (χ0) is 20.3. The van der Waals surface area contributed by atoms with Crippen LogP contribution in [-0.2, 0) is 13.9 Å². The van der Waals surface area contributed by atoms with E-state index in [9.17, 15) is 9.90 Å². The number of carbonyl (C=O) groups excluding carboxylic acids is 1. The summed E-state index contributed by atoms with van der Waals surface area (Å²) in [5, 5.41) is 10.4. The maximum absolute atomic E-state index is 12.6. The van der Waals surface area contributed by atoms with E-state index in [4.69, 9.17) is 13.9 Å². The molecule has 0 saturated heterocycles. The van der Waals surface area contributed by atoms with Gasteiger partial charge < -0.3 is 19.0 Å². The summed E-state index contributed by atoms with van der Waals surface area (Å²) < 4.78 is 17.0. The van der Waals surface area contributed by atoms with Gasteiger partial charge in [0.2, 0.25) is 0 Å². The number of hydrogen-bond acceptors (Lipinski definition) is 5. The number of aliphatic hydroxyl groups is 1. The zero-order valence-electron chi connectivity index (χ0n) is 17.9. The number of methoxy groups -OCH3 is 1. The van der Waals surface area contributed by atoms with Crippen LogP contribution in [0.25, 0.3) is 0 Å². The molecule has 1 amide bonds. The Morgan fingerprint density at radius 3 is 2.31 bits per heavy atom. The average molecular weight is 388 g/mol. The lowest BCUT2D eigenvalue weighted by Crippen LogP contribution is -2.53. The maximum Gasteiger partial charge on any atom is 0.410 e. The van der Waals surface area contributed by atoms with E-state index in [0.717, 1.165) is 5.57 Å². The number of carbonyl (C=O) groups is 1. The van der Waals surface area contributed by atoms with E-state index in [1.54, 1.807) is 12.0 Å². The third-order valence-electron chi connectivity index (χ3n) is 4.96. The Kier molecular flexibility index (Phi) is 7.49. The van der Waals surface area contributed by atoms with Crippen molar-refractivity contribution in [1.82, 2.24) is 4.90 Å². The molecule has 1 rings (SSSR count). The maximum atomic E-state index is 12.6. The summed E-state index contributed by atoms with van der Waals surface area (Å²) in [5.74, 6) is 0. The second-order valence-corrected chi connectivity index (χ2v) is 14.3. The molecular weight excluding hydrogens is 350 g/mol. The SMILES string of the molecule is COCC1=CC(CO[Si](C)(C)C(C)(C)C)N(C(=O)OC(C)(C)C)CC1O. The second kappa shape index (κ2) is 8.42. The van der Waals surface area contributed by atoms with Crippen LogP contribution in [0, 0.1) is 0 Å². The van der Waals surface area contributed by atoms with Crippen LogP contribution in [0.4, 0.5) is 4.79 Å². The molecule has 152 valence electrons. The van der Waals surface area contributed by atoms with E-state index in [-0.39, 0.29) is 17.6 Å². The van der Waals surface area contributed by atoms with Crippen LogP contribution in [0.15, 0.2) is 11.6 Å². The van der Waals surface area contributed by atoms with Crippen molar-refractivity contribution in [2.24, 2.45) is 0 Å². The highest BCUT2D eigenvalue weighted by atomic mass is 28.4. The first kappa shape index (κ1) is 23.1. The molecule has 2 unspecified atom stereocenters. The smallest absolute Gasteiger partial charge is 0.410 e. The first-order valence-corrected chi connectivity index (χ1v) is 12.1. The quantitative estimate of drug-likeness (QED) is 0.577. The van der Waals surface area contributed by atoms with Gasteiger partial charge in [0, 0.05) is 7.11 Å². The third-order valence-corrected chi connectivity index (χ3v) is 9.47. The van der Waals surface area contributed by atoms with Crippen molar-refractivity contribution in [1.29, 1.82) is 0 Å². The zero-order valence-corrected chi connectivity index (χ0v) is 18.9. The molecule has 6 nitrogen and oxygen atoms in total. The highest BCUT2D eigenvalue weighted by Gasteiger charge is 2.40. The summed E-state index contributed by atoms with van der Waals surface area (Å²) in [4.78, 5) is 14.2. The fraction of sp³-hybridized carbons (Fsp3) is 0.842. The molecule has 26 heavy (non-hydrogen) atoms. The van der Waals surface area contributed by atoms with Gasteiger partial charge in [-0.3, -0.25) is 4.90 Å². The minimum absolute atomic E-state index is 0.0804. The van der Waals surface area contributed by atoms with Gasteiger partial charge in [0.25, 0.3) is 0 Å². The Balaban J connectivity index is 3.02. The van der Waals surface area contributed by atoms with Crippen LogP contribution in [0.3, 0.4) is 0 Å². The summed E-state index contributed by atoms with van der Waals surface area (Å²) in [7, 11) is -0.367. The largest absolute Gasteiger partial charge is 0.444 e. The number of ether oxygens (including phenoxy) is 2. The molecule has 1 heterocycles. The van der Waals surface area contributed by atoms with E-state index < -0.39 is 26.1 Å². The number of aliphatic hydroxyl groups excluding tert-OH is 1. The highest BCUT2D eigenvalue weighted by molar-refractivity contribution is 6.74. The highest BCUT2D eigenvalue weighted by Crippen LogP contribution is 2.37. The van der Waals surface area contributed by atoms with E-state index in [2.05, 4.69) is 33.9 Å². The number of rotatable bonds is 5. The molecule has 1 aliphatic heterocycles. The van der Waals surface area contributed by atoms with E-state index in [0.29, 0.717) is 13.2 Å². The fourth-order valence-electron chi connectivity index (χ4n) is 2.38. The van der Waals surface area contributed by atoms with Crippen LogP contribution in [0.1, 0.15) is 41.5 Å². The van der Waals surface area contributed by atoms with Gasteiger partial charge in [-0.05, 0) is 44.5 Å². The van der Waals surface area contributed by atoms with Crippen molar-refractivity contribution in [3.63, 3.8) is 0 Å². The molecule has 0 aromatic rings. The van der Waals surface area contributed by atoms with Gasteiger partial charge in [0.1, 0.15) is 5.60 Å². The summed E-state index contributed by atoms with van der Waals surface area (Å²) in [6.45, 7) is 17.3. The number of nitrogens with zero attached hydrogens (tertiary/aromatic N) is 1. The van der Waals surface area contributed by atoms with Gasteiger partial charge in [-0.15, -0.1) is 0 Å². The van der Waals surface area contributed by atoms with Crippen LogP contribution in [0.5, 0.6) is 0 Å². The number of amides is 1. The summed E-state index contributed by atoms with van der Waals surface area (Å²) in [6, 6.07) is -0.285. The normalized spacial score (nSPS) is 22.2. The summed E-state index contributed by atoms with van der Waals surface area (Å²) in [5.41, 5.74) is 0.180. The molecule has 0 aromatic carbocycles. The van der Waals surface area contributed by atoms with Crippen LogP contribution >= 0.6 is 0 Å². The summed E-state index contributed by atoms with van der Waals surface area (Å²) in [6.07, 6.45) is 0.689. The molecule has 0 radical (unpaired) electrons. The monoisotopic (exact) mass is 387 g/mol. The Bertz CT molecular complexity index is 519.